The van der Waals surface area contributed by atoms with Gasteiger partial charge in [0, 0.05) is 19.5 Å². The molecule has 0 bridgehead atoms. The predicted octanol–water partition coefficient (Wildman–Crippen LogP) is 2.64. The molecule has 1 fully saturated rings. The Bertz CT molecular complexity index is 736. The van der Waals surface area contributed by atoms with Gasteiger partial charge >= 0.3 is 5.97 Å². The number of benzene rings is 1. The molecular weight excluding hydrogens is 308 g/mol. The number of carboxylic acids is 1. The fourth-order valence-corrected chi connectivity index (χ4v) is 3.15. The van der Waals surface area contributed by atoms with Gasteiger partial charge < -0.3 is 14.4 Å². The van der Waals surface area contributed by atoms with Crippen molar-refractivity contribution in [3.8, 4) is 0 Å². The molecule has 0 radical (unpaired) electrons. The lowest BCUT2D eigenvalue weighted by atomic mass is 9.98. The molecule has 24 heavy (non-hydrogen) atoms. The molecule has 1 unspecified atom stereocenters. The molecule has 1 aliphatic rings. The number of hydrogen-bond acceptors (Lipinski definition) is 4. The van der Waals surface area contributed by atoms with E-state index in [-0.39, 0.29) is 5.91 Å². The normalized spacial score (nSPS) is 17.2. The second kappa shape index (κ2) is 6.86. The van der Waals surface area contributed by atoms with Gasteiger partial charge in [0.05, 0.1) is 5.56 Å². The van der Waals surface area contributed by atoms with Crippen LogP contribution in [-0.4, -0.2) is 40.0 Å². The fourth-order valence-electron chi connectivity index (χ4n) is 3.15. The second-order valence-corrected chi connectivity index (χ2v) is 6.09. The molecule has 6 heteroatoms. The lowest BCUT2D eigenvalue weighted by molar-refractivity contribution is 0.0696. The molecule has 1 amide bonds. The summed E-state index contributed by atoms with van der Waals surface area (Å²) in [7, 11) is 0. The highest BCUT2D eigenvalue weighted by Crippen LogP contribution is 2.23. The van der Waals surface area contributed by atoms with Gasteiger partial charge in [-0.1, -0.05) is 19.1 Å². The van der Waals surface area contributed by atoms with Crippen LogP contribution in [0, 0.1) is 5.92 Å². The van der Waals surface area contributed by atoms with E-state index in [2.05, 4.69) is 4.98 Å². The fraction of sp³-hybridized carbons (Fsp3) is 0.389. The third-order valence-corrected chi connectivity index (χ3v) is 4.46. The number of oxazole rings is 1. The van der Waals surface area contributed by atoms with Gasteiger partial charge in [-0.25, -0.2) is 9.78 Å². The number of aryl methyl sites for hydroxylation is 1. The number of rotatable bonds is 5. The molecule has 1 atom stereocenters. The van der Waals surface area contributed by atoms with E-state index in [1.165, 1.54) is 6.39 Å². The first-order valence-corrected chi connectivity index (χ1v) is 8.12. The van der Waals surface area contributed by atoms with Crippen LogP contribution in [0.2, 0.25) is 0 Å². The van der Waals surface area contributed by atoms with Crippen LogP contribution in [0.4, 0.5) is 0 Å². The highest BCUT2D eigenvalue weighted by atomic mass is 16.4. The number of carboxylic acid groups (broad SMARTS) is 1. The molecule has 2 heterocycles. The Morgan fingerprint density at radius 2 is 2.08 bits per heavy atom. The number of likely N-dealkylation sites (tertiary alicyclic amines) is 1. The Balaban J connectivity index is 1.61. The first kappa shape index (κ1) is 16.2. The molecule has 1 saturated heterocycles. The Morgan fingerprint density at radius 3 is 2.75 bits per heavy atom. The first-order chi connectivity index (χ1) is 11.6. The third-order valence-electron chi connectivity index (χ3n) is 4.46. The number of hydrogen-bond donors (Lipinski definition) is 1. The van der Waals surface area contributed by atoms with Crippen molar-refractivity contribution in [1.29, 1.82) is 0 Å². The number of carbonyl (C=O) groups is 2. The maximum Gasteiger partial charge on any atom is 0.335 e. The standard InChI is InChI=1S/C18H20N2O4/c1-2-15-16(19-11-24-15)17(21)20-8-7-13(10-20)9-12-3-5-14(6-4-12)18(22)23/h3-6,11,13H,2,7-10H2,1H3,(H,22,23). The summed E-state index contributed by atoms with van der Waals surface area (Å²) in [5, 5.41) is 8.93. The van der Waals surface area contributed by atoms with Crippen molar-refractivity contribution < 1.29 is 19.1 Å². The zero-order chi connectivity index (χ0) is 17.1. The van der Waals surface area contributed by atoms with Crippen LogP contribution in [0.5, 0.6) is 0 Å². The van der Waals surface area contributed by atoms with E-state index < -0.39 is 5.97 Å². The molecule has 126 valence electrons. The minimum Gasteiger partial charge on any atom is -0.478 e. The molecule has 1 N–H and O–H groups in total. The van der Waals surface area contributed by atoms with Crippen molar-refractivity contribution in [3.63, 3.8) is 0 Å². The van der Waals surface area contributed by atoms with Crippen LogP contribution in [0.15, 0.2) is 35.1 Å². The summed E-state index contributed by atoms with van der Waals surface area (Å²) in [4.78, 5) is 29.3. The van der Waals surface area contributed by atoms with Crippen molar-refractivity contribution in [2.75, 3.05) is 13.1 Å². The number of nitrogens with zero attached hydrogens (tertiary/aromatic N) is 2. The monoisotopic (exact) mass is 328 g/mol. The Hall–Kier alpha value is -2.63. The van der Waals surface area contributed by atoms with Gasteiger partial charge in [0.2, 0.25) is 0 Å². The molecule has 1 aliphatic heterocycles. The summed E-state index contributed by atoms with van der Waals surface area (Å²) >= 11 is 0. The lowest BCUT2D eigenvalue weighted by Gasteiger charge is -2.15. The van der Waals surface area contributed by atoms with Crippen LogP contribution in [0.25, 0.3) is 0 Å². The van der Waals surface area contributed by atoms with E-state index in [1.54, 1.807) is 12.1 Å². The van der Waals surface area contributed by atoms with Crippen LogP contribution >= 0.6 is 0 Å². The van der Waals surface area contributed by atoms with Crippen LogP contribution in [0.3, 0.4) is 0 Å². The zero-order valence-corrected chi connectivity index (χ0v) is 13.6. The van der Waals surface area contributed by atoms with Gasteiger partial charge in [0.25, 0.3) is 5.91 Å². The van der Waals surface area contributed by atoms with E-state index in [4.69, 9.17) is 9.52 Å². The average Bonchev–Trinajstić information content (AvgIpc) is 3.23. The van der Waals surface area contributed by atoms with Crippen molar-refractivity contribution in [2.24, 2.45) is 5.92 Å². The number of amides is 1. The lowest BCUT2D eigenvalue weighted by Crippen LogP contribution is -2.29. The Kier molecular flexibility index (Phi) is 4.64. The van der Waals surface area contributed by atoms with Gasteiger partial charge in [-0.15, -0.1) is 0 Å². The van der Waals surface area contributed by atoms with Crippen molar-refractivity contribution in [2.45, 2.75) is 26.2 Å². The summed E-state index contributed by atoms with van der Waals surface area (Å²) in [6.45, 7) is 3.34. The van der Waals surface area contributed by atoms with Crippen LogP contribution in [0.1, 0.15) is 45.5 Å². The molecule has 6 nitrogen and oxygen atoms in total. The van der Waals surface area contributed by atoms with Crippen molar-refractivity contribution in [3.05, 3.63) is 53.2 Å². The van der Waals surface area contributed by atoms with Crippen LogP contribution < -0.4 is 0 Å². The summed E-state index contributed by atoms with van der Waals surface area (Å²) in [6, 6.07) is 6.94. The summed E-state index contributed by atoms with van der Waals surface area (Å²) < 4.78 is 5.24. The number of carbonyl (C=O) groups excluding carboxylic acids is 1. The zero-order valence-electron chi connectivity index (χ0n) is 13.6. The molecule has 0 aliphatic carbocycles. The van der Waals surface area contributed by atoms with Gasteiger partial charge in [-0.2, -0.15) is 0 Å². The summed E-state index contributed by atoms with van der Waals surface area (Å²) in [5.74, 6) is 0.0252. The number of aromatic nitrogens is 1. The molecule has 1 aromatic carbocycles. The molecule has 0 spiro atoms. The van der Waals surface area contributed by atoms with Crippen LogP contribution in [-0.2, 0) is 12.8 Å². The molecule has 2 aromatic rings. The van der Waals surface area contributed by atoms with E-state index >= 15 is 0 Å². The largest absolute Gasteiger partial charge is 0.478 e. The number of aromatic carboxylic acids is 1. The minimum atomic E-state index is -0.918. The molecule has 1 aromatic heterocycles. The Morgan fingerprint density at radius 1 is 1.33 bits per heavy atom. The SMILES string of the molecule is CCc1ocnc1C(=O)N1CCC(Cc2ccc(C(=O)O)cc2)C1. The highest BCUT2D eigenvalue weighted by molar-refractivity contribution is 5.93. The summed E-state index contributed by atoms with van der Waals surface area (Å²) in [5.41, 5.74) is 1.80. The maximum absolute atomic E-state index is 12.5. The second-order valence-electron chi connectivity index (χ2n) is 6.09. The van der Waals surface area contributed by atoms with Gasteiger partial charge in [-0.05, 0) is 36.5 Å². The summed E-state index contributed by atoms with van der Waals surface area (Å²) in [6.07, 6.45) is 3.74. The quantitative estimate of drug-likeness (QED) is 0.912. The topological polar surface area (TPSA) is 83.6 Å². The molecule has 0 saturated carbocycles. The highest BCUT2D eigenvalue weighted by Gasteiger charge is 2.29. The smallest absolute Gasteiger partial charge is 0.335 e. The van der Waals surface area contributed by atoms with E-state index in [1.807, 2.05) is 24.0 Å². The predicted molar refractivity (Wildman–Crippen MR) is 87.0 cm³/mol. The van der Waals surface area contributed by atoms with Crippen molar-refractivity contribution in [1.82, 2.24) is 9.88 Å². The molecule has 3 rings (SSSR count). The Labute approximate surface area is 140 Å². The van der Waals surface area contributed by atoms with E-state index in [9.17, 15) is 9.59 Å². The van der Waals surface area contributed by atoms with Gasteiger partial charge in [0.1, 0.15) is 5.76 Å². The first-order valence-electron chi connectivity index (χ1n) is 8.12. The van der Waals surface area contributed by atoms with Gasteiger partial charge in [0.15, 0.2) is 12.1 Å². The minimum absolute atomic E-state index is 0.0654. The van der Waals surface area contributed by atoms with Crippen molar-refractivity contribution >= 4 is 11.9 Å². The molecular formula is C18H20N2O4. The van der Waals surface area contributed by atoms with E-state index in [0.717, 1.165) is 18.4 Å². The van der Waals surface area contributed by atoms with Gasteiger partial charge in [-0.3, -0.25) is 4.79 Å². The third kappa shape index (κ3) is 3.32. The maximum atomic E-state index is 12.5. The average molecular weight is 328 g/mol. The van der Waals surface area contributed by atoms with E-state index in [0.29, 0.717) is 42.4 Å².